The number of hydrogen-bond acceptors (Lipinski definition) is 2. The van der Waals surface area contributed by atoms with Gasteiger partial charge in [0.2, 0.25) is 0 Å². The molecule has 2 nitrogen and oxygen atoms in total. The molecule has 100 valence electrons. The predicted molar refractivity (Wildman–Crippen MR) is 80.8 cm³/mol. The fourth-order valence-electron chi connectivity index (χ4n) is 1.66. The van der Waals surface area contributed by atoms with Gasteiger partial charge in [-0.2, -0.15) is 0 Å². The zero-order chi connectivity index (χ0) is 13.8. The Hall–Kier alpha value is -0.930. The van der Waals surface area contributed by atoms with Gasteiger partial charge in [-0.3, -0.25) is 0 Å². The molecule has 0 aliphatic carbocycles. The van der Waals surface area contributed by atoms with E-state index in [1.807, 2.05) is 19.2 Å². The van der Waals surface area contributed by atoms with Gasteiger partial charge in [0.1, 0.15) is 11.5 Å². The van der Waals surface area contributed by atoms with Crippen molar-refractivity contribution < 1.29 is 4.74 Å². The zero-order valence-corrected chi connectivity index (χ0v) is 12.5. The smallest absolute Gasteiger partial charge is 0.150 e. The minimum atomic E-state index is 0.446. The first kappa shape index (κ1) is 14.5. The summed E-state index contributed by atoms with van der Waals surface area (Å²) in [5.74, 6) is 1.22. The molecule has 0 amide bonds. The molecule has 0 unspecified atom stereocenters. The second kappa shape index (κ2) is 6.49. The van der Waals surface area contributed by atoms with Crippen molar-refractivity contribution in [2.75, 3.05) is 7.05 Å². The van der Waals surface area contributed by atoms with Crippen molar-refractivity contribution in [2.45, 2.75) is 6.54 Å². The first-order valence-electron chi connectivity index (χ1n) is 5.66. The average Bonchev–Trinajstić information content (AvgIpc) is 2.38. The lowest BCUT2D eigenvalue weighted by Crippen LogP contribution is -2.06. The quantitative estimate of drug-likeness (QED) is 0.841. The number of halogens is 3. The highest BCUT2D eigenvalue weighted by atomic mass is 35.5. The summed E-state index contributed by atoms with van der Waals surface area (Å²) in [4.78, 5) is 0. The Balaban J connectivity index is 2.34. The Morgan fingerprint density at radius 2 is 1.79 bits per heavy atom. The van der Waals surface area contributed by atoms with E-state index in [0.29, 0.717) is 33.1 Å². The van der Waals surface area contributed by atoms with E-state index in [4.69, 9.17) is 39.5 Å². The van der Waals surface area contributed by atoms with Crippen molar-refractivity contribution in [1.29, 1.82) is 0 Å². The van der Waals surface area contributed by atoms with E-state index in [1.54, 1.807) is 24.3 Å². The van der Waals surface area contributed by atoms with Crippen LogP contribution in [0.15, 0.2) is 36.4 Å². The van der Waals surface area contributed by atoms with Gasteiger partial charge >= 0.3 is 0 Å². The van der Waals surface area contributed by atoms with Gasteiger partial charge in [0.05, 0.1) is 15.1 Å². The molecule has 0 bridgehead atoms. The van der Waals surface area contributed by atoms with Crippen LogP contribution in [0.2, 0.25) is 15.1 Å². The van der Waals surface area contributed by atoms with Crippen molar-refractivity contribution in [3.63, 3.8) is 0 Å². The fraction of sp³-hybridized carbons (Fsp3) is 0.143. The number of para-hydroxylation sites is 1. The van der Waals surface area contributed by atoms with Crippen LogP contribution in [0.3, 0.4) is 0 Å². The predicted octanol–water partition coefficient (Wildman–Crippen LogP) is 5.16. The first-order chi connectivity index (χ1) is 9.11. The average molecular weight is 317 g/mol. The Kier molecular flexibility index (Phi) is 4.94. The maximum atomic E-state index is 6.17. The Morgan fingerprint density at radius 3 is 2.47 bits per heavy atom. The van der Waals surface area contributed by atoms with Gasteiger partial charge in [0.25, 0.3) is 0 Å². The van der Waals surface area contributed by atoms with Crippen molar-refractivity contribution in [2.24, 2.45) is 0 Å². The topological polar surface area (TPSA) is 21.3 Å². The molecular weight excluding hydrogens is 305 g/mol. The Bertz CT molecular complexity index is 587. The van der Waals surface area contributed by atoms with Crippen LogP contribution in [0, 0.1) is 0 Å². The summed E-state index contributed by atoms with van der Waals surface area (Å²) in [7, 11) is 1.86. The minimum absolute atomic E-state index is 0.446. The van der Waals surface area contributed by atoms with Gasteiger partial charge in [-0.25, -0.2) is 0 Å². The molecule has 0 aliphatic rings. The maximum Gasteiger partial charge on any atom is 0.150 e. The molecule has 0 saturated heterocycles. The second-order valence-electron chi connectivity index (χ2n) is 3.94. The third kappa shape index (κ3) is 3.54. The molecule has 0 aromatic heterocycles. The molecule has 0 spiro atoms. The van der Waals surface area contributed by atoms with E-state index in [0.717, 1.165) is 5.56 Å². The first-order valence-corrected chi connectivity index (χ1v) is 6.80. The summed E-state index contributed by atoms with van der Waals surface area (Å²) < 4.78 is 5.81. The standard InChI is InChI=1S/C14H12Cl3NO/c1-18-8-9-3-2-4-12(16)14(9)19-10-5-6-11(15)13(17)7-10/h2-7,18H,8H2,1H3. The number of nitrogens with one attached hydrogen (secondary N) is 1. The van der Waals surface area contributed by atoms with Crippen LogP contribution in [0.4, 0.5) is 0 Å². The summed E-state index contributed by atoms with van der Waals surface area (Å²) in [6, 6.07) is 10.7. The van der Waals surface area contributed by atoms with Crippen LogP contribution in [0.1, 0.15) is 5.56 Å². The lowest BCUT2D eigenvalue weighted by Gasteiger charge is -2.13. The van der Waals surface area contributed by atoms with Crippen LogP contribution >= 0.6 is 34.8 Å². The molecule has 0 saturated carbocycles. The molecule has 0 aliphatic heterocycles. The third-order valence-corrected chi connectivity index (χ3v) is 3.56. The molecule has 0 heterocycles. The molecule has 0 radical (unpaired) electrons. The monoisotopic (exact) mass is 315 g/mol. The van der Waals surface area contributed by atoms with Crippen LogP contribution in [0.25, 0.3) is 0 Å². The van der Waals surface area contributed by atoms with Gasteiger partial charge in [0, 0.05) is 18.2 Å². The van der Waals surface area contributed by atoms with E-state index in [9.17, 15) is 0 Å². The molecule has 2 aromatic carbocycles. The van der Waals surface area contributed by atoms with Crippen molar-refractivity contribution in [1.82, 2.24) is 5.32 Å². The molecule has 5 heteroatoms. The maximum absolute atomic E-state index is 6.17. The Morgan fingerprint density at radius 1 is 1.00 bits per heavy atom. The molecule has 0 atom stereocenters. The molecular formula is C14H12Cl3NO. The number of benzene rings is 2. The van der Waals surface area contributed by atoms with Gasteiger partial charge in [0.15, 0.2) is 0 Å². The fourth-order valence-corrected chi connectivity index (χ4v) is 2.18. The highest BCUT2D eigenvalue weighted by Gasteiger charge is 2.10. The van der Waals surface area contributed by atoms with Crippen molar-refractivity contribution >= 4 is 34.8 Å². The highest BCUT2D eigenvalue weighted by molar-refractivity contribution is 6.42. The van der Waals surface area contributed by atoms with E-state index in [1.165, 1.54) is 0 Å². The Labute approximate surface area is 127 Å². The van der Waals surface area contributed by atoms with Crippen LogP contribution in [-0.2, 0) is 6.54 Å². The van der Waals surface area contributed by atoms with Crippen molar-refractivity contribution in [3.8, 4) is 11.5 Å². The minimum Gasteiger partial charge on any atom is -0.455 e. The second-order valence-corrected chi connectivity index (χ2v) is 5.16. The molecule has 19 heavy (non-hydrogen) atoms. The van der Waals surface area contributed by atoms with E-state index in [2.05, 4.69) is 5.32 Å². The van der Waals surface area contributed by atoms with Gasteiger partial charge in [-0.05, 0) is 25.2 Å². The third-order valence-electron chi connectivity index (χ3n) is 2.53. The summed E-state index contributed by atoms with van der Waals surface area (Å²) in [5.41, 5.74) is 0.973. The number of ether oxygens (including phenoxy) is 1. The van der Waals surface area contributed by atoms with Crippen LogP contribution in [-0.4, -0.2) is 7.05 Å². The van der Waals surface area contributed by atoms with Gasteiger partial charge in [-0.1, -0.05) is 46.9 Å². The molecule has 2 aromatic rings. The lowest BCUT2D eigenvalue weighted by atomic mass is 10.2. The number of hydrogen-bond donors (Lipinski definition) is 1. The summed E-state index contributed by atoms with van der Waals surface area (Å²) in [6.07, 6.45) is 0. The zero-order valence-electron chi connectivity index (χ0n) is 10.2. The van der Waals surface area contributed by atoms with E-state index < -0.39 is 0 Å². The van der Waals surface area contributed by atoms with Crippen LogP contribution < -0.4 is 10.1 Å². The normalized spacial score (nSPS) is 10.5. The summed E-state index contributed by atoms with van der Waals surface area (Å²) in [5, 5.41) is 4.56. The highest BCUT2D eigenvalue weighted by Crippen LogP contribution is 2.35. The SMILES string of the molecule is CNCc1cccc(Cl)c1Oc1ccc(Cl)c(Cl)c1. The number of rotatable bonds is 4. The lowest BCUT2D eigenvalue weighted by molar-refractivity contribution is 0.474. The van der Waals surface area contributed by atoms with Crippen LogP contribution in [0.5, 0.6) is 11.5 Å². The summed E-state index contributed by atoms with van der Waals surface area (Å²) >= 11 is 18.0. The van der Waals surface area contributed by atoms with Gasteiger partial charge in [-0.15, -0.1) is 0 Å². The summed E-state index contributed by atoms with van der Waals surface area (Å²) in [6.45, 7) is 0.664. The largest absolute Gasteiger partial charge is 0.455 e. The molecule has 1 N–H and O–H groups in total. The van der Waals surface area contributed by atoms with E-state index >= 15 is 0 Å². The van der Waals surface area contributed by atoms with Crippen molar-refractivity contribution in [3.05, 3.63) is 57.0 Å². The molecule has 2 rings (SSSR count). The molecule has 0 fully saturated rings. The van der Waals surface area contributed by atoms with E-state index in [-0.39, 0.29) is 0 Å². The van der Waals surface area contributed by atoms with Gasteiger partial charge < -0.3 is 10.1 Å².